The fourth-order valence-corrected chi connectivity index (χ4v) is 3.99. The van der Waals surface area contributed by atoms with Gasteiger partial charge in [-0.2, -0.15) is 0 Å². The van der Waals surface area contributed by atoms with Crippen LogP contribution in [-0.4, -0.2) is 33.6 Å². The van der Waals surface area contributed by atoms with E-state index >= 15 is 0 Å². The second-order valence-electron chi connectivity index (χ2n) is 6.90. The monoisotopic (exact) mass is 368 g/mol. The average molecular weight is 369 g/mol. The predicted molar refractivity (Wildman–Crippen MR) is 104 cm³/mol. The molecule has 1 aliphatic heterocycles. The van der Waals surface area contributed by atoms with E-state index in [1.165, 1.54) is 5.69 Å². The molecule has 2 aromatic carbocycles. The summed E-state index contributed by atoms with van der Waals surface area (Å²) in [5, 5.41) is 11.0. The highest BCUT2D eigenvalue weighted by molar-refractivity contribution is 6.31. The zero-order valence-corrected chi connectivity index (χ0v) is 15.2. The van der Waals surface area contributed by atoms with Crippen molar-refractivity contribution in [2.45, 2.75) is 19.4 Å². The second-order valence-corrected chi connectivity index (χ2v) is 7.33. The standard InChI is InChI=1S/C21H21ClN2O2/c22-17-6-7-20-16(12-17)13-19(24(20)18-4-2-1-3-5-18)14-23-10-8-15(9-11-23)21(25)26/h1-7,12-13,15H,8-11,14H2,(H,25,26). The molecule has 2 heterocycles. The number of aliphatic carboxylic acids is 1. The van der Waals surface area contributed by atoms with Gasteiger partial charge in [-0.15, -0.1) is 0 Å². The van der Waals surface area contributed by atoms with Crippen molar-refractivity contribution < 1.29 is 9.90 Å². The fourth-order valence-electron chi connectivity index (χ4n) is 3.81. The minimum atomic E-state index is -0.669. The first kappa shape index (κ1) is 17.1. The van der Waals surface area contributed by atoms with Gasteiger partial charge in [0.05, 0.1) is 11.4 Å². The van der Waals surface area contributed by atoms with Gasteiger partial charge < -0.3 is 9.67 Å². The van der Waals surface area contributed by atoms with Crippen LogP contribution in [0.5, 0.6) is 0 Å². The molecule has 0 spiro atoms. The number of carboxylic acids is 1. The van der Waals surface area contributed by atoms with Crippen LogP contribution in [0.25, 0.3) is 16.6 Å². The van der Waals surface area contributed by atoms with Crippen molar-refractivity contribution in [3.63, 3.8) is 0 Å². The molecule has 1 saturated heterocycles. The molecule has 0 atom stereocenters. The maximum atomic E-state index is 11.2. The number of carbonyl (C=O) groups is 1. The molecule has 3 aromatic rings. The Morgan fingerprint density at radius 2 is 1.81 bits per heavy atom. The van der Waals surface area contributed by atoms with Crippen molar-refractivity contribution in [1.82, 2.24) is 9.47 Å². The topological polar surface area (TPSA) is 45.5 Å². The van der Waals surface area contributed by atoms with E-state index in [-0.39, 0.29) is 5.92 Å². The third kappa shape index (κ3) is 3.35. The number of halogens is 1. The molecule has 0 amide bonds. The number of fused-ring (bicyclic) bond motifs is 1. The summed E-state index contributed by atoms with van der Waals surface area (Å²) in [7, 11) is 0. The molecular weight excluding hydrogens is 348 g/mol. The number of rotatable bonds is 4. The fraction of sp³-hybridized carbons (Fsp3) is 0.286. The van der Waals surface area contributed by atoms with Gasteiger partial charge in [0.2, 0.25) is 0 Å². The number of para-hydroxylation sites is 1. The van der Waals surface area contributed by atoms with Crippen LogP contribution < -0.4 is 0 Å². The number of piperidine rings is 1. The molecule has 4 rings (SSSR count). The van der Waals surface area contributed by atoms with Gasteiger partial charge in [-0.05, 0) is 62.3 Å². The van der Waals surface area contributed by atoms with Crippen LogP contribution in [-0.2, 0) is 11.3 Å². The van der Waals surface area contributed by atoms with Gasteiger partial charge in [-0.25, -0.2) is 0 Å². The van der Waals surface area contributed by atoms with E-state index in [1.54, 1.807) is 0 Å². The van der Waals surface area contributed by atoms with Gasteiger partial charge in [-0.3, -0.25) is 9.69 Å². The second kappa shape index (κ2) is 7.14. The van der Waals surface area contributed by atoms with Crippen LogP contribution in [0.4, 0.5) is 0 Å². The first-order chi connectivity index (χ1) is 12.6. The van der Waals surface area contributed by atoms with Gasteiger partial charge in [0.1, 0.15) is 0 Å². The summed E-state index contributed by atoms with van der Waals surface area (Å²) in [6.07, 6.45) is 1.43. The van der Waals surface area contributed by atoms with Crippen molar-refractivity contribution in [2.75, 3.05) is 13.1 Å². The van der Waals surface area contributed by atoms with Gasteiger partial charge in [0, 0.05) is 28.3 Å². The summed E-state index contributed by atoms with van der Waals surface area (Å²) in [6, 6.07) is 18.5. The predicted octanol–water partition coefficient (Wildman–Crippen LogP) is 4.58. The van der Waals surface area contributed by atoms with Gasteiger partial charge in [-0.1, -0.05) is 29.8 Å². The molecule has 0 unspecified atom stereocenters. The molecule has 1 aliphatic rings. The molecule has 0 saturated carbocycles. The molecular formula is C21H21ClN2O2. The zero-order chi connectivity index (χ0) is 18.1. The van der Waals surface area contributed by atoms with Gasteiger partial charge in [0.25, 0.3) is 0 Å². The Kier molecular flexibility index (Phi) is 4.70. The number of nitrogens with zero attached hydrogens (tertiary/aromatic N) is 2. The lowest BCUT2D eigenvalue weighted by atomic mass is 9.97. The number of hydrogen-bond donors (Lipinski definition) is 1. The molecule has 0 bridgehead atoms. The van der Waals surface area contributed by atoms with Crippen molar-refractivity contribution in [2.24, 2.45) is 5.92 Å². The van der Waals surface area contributed by atoms with E-state index in [0.29, 0.717) is 12.8 Å². The van der Waals surface area contributed by atoms with E-state index in [4.69, 9.17) is 11.6 Å². The first-order valence-electron chi connectivity index (χ1n) is 8.92. The molecule has 0 aliphatic carbocycles. The summed E-state index contributed by atoms with van der Waals surface area (Å²) in [6.45, 7) is 2.43. The largest absolute Gasteiger partial charge is 0.481 e. The van der Waals surface area contributed by atoms with E-state index in [0.717, 1.165) is 41.2 Å². The quantitative estimate of drug-likeness (QED) is 0.733. The van der Waals surface area contributed by atoms with E-state index in [9.17, 15) is 9.90 Å². The third-order valence-corrected chi connectivity index (χ3v) is 5.41. The molecule has 1 fully saturated rings. The Morgan fingerprint density at radius 1 is 1.08 bits per heavy atom. The highest BCUT2D eigenvalue weighted by atomic mass is 35.5. The highest BCUT2D eigenvalue weighted by Crippen LogP contribution is 2.29. The first-order valence-corrected chi connectivity index (χ1v) is 9.30. The van der Waals surface area contributed by atoms with Crippen LogP contribution in [0.1, 0.15) is 18.5 Å². The normalized spacial score (nSPS) is 16.2. The van der Waals surface area contributed by atoms with Gasteiger partial charge >= 0.3 is 5.97 Å². The van der Waals surface area contributed by atoms with Crippen LogP contribution in [0.3, 0.4) is 0 Å². The lowest BCUT2D eigenvalue weighted by molar-refractivity contribution is -0.143. The molecule has 4 nitrogen and oxygen atoms in total. The summed E-state index contributed by atoms with van der Waals surface area (Å²) >= 11 is 6.19. The number of hydrogen-bond acceptors (Lipinski definition) is 2. The highest BCUT2D eigenvalue weighted by Gasteiger charge is 2.25. The minimum absolute atomic E-state index is 0.204. The number of benzene rings is 2. The zero-order valence-electron chi connectivity index (χ0n) is 14.4. The van der Waals surface area contributed by atoms with Crippen molar-refractivity contribution in [3.8, 4) is 5.69 Å². The maximum absolute atomic E-state index is 11.2. The third-order valence-electron chi connectivity index (χ3n) is 5.18. The Morgan fingerprint density at radius 3 is 2.50 bits per heavy atom. The van der Waals surface area contributed by atoms with Crippen LogP contribution in [0.15, 0.2) is 54.6 Å². The van der Waals surface area contributed by atoms with Crippen molar-refractivity contribution in [3.05, 3.63) is 65.3 Å². The molecule has 134 valence electrons. The van der Waals surface area contributed by atoms with Crippen LogP contribution in [0, 0.1) is 5.92 Å². The average Bonchev–Trinajstić information content (AvgIpc) is 2.99. The van der Waals surface area contributed by atoms with E-state index in [1.807, 2.05) is 30.3 Å². The Balaban J connectivity index is 1.67. The molecule has 26 heavy (non-hydrogen) atoms. The molecule has 1 aromatic heterocycles. The maximum Gasteiger partial charge on any atom is 0.306 e. The number of likely N-dealkylation sites (tertiary alicyclic amines) is 1. The van der Waals surface area contributed by atoms with E-state index < -0.39 is 5.97 Å². The molecule has 5 heteroatoms. The van der Waals surface area contributed by atoms with Crippen LogP contribution in [0.2, 0.25) is 5.02 Å². The molecule has 0 radical (unpaired) electrons. The Bertz CT molecular complexity index is 928. The van der Waals surface area contributed by atoms with Gasteiger partial charge in [0.15, 0.2) is 0 Å². The van der Waals surface area contributed by atoms with Crippen molar-refractivity contribution in [1.29, 1.82) is 0 Å². The summed E-state index contributed by atoms with van der Waals surface area (Å²) in [5.41, 5.74) is 3.46. The Labute approximate surface area is 157 Å². The lowest BCUT2D eigenvalue weighted by Crippen LogP contribution is -2.36. The lowest BCUT2D eigenvalue weighted by Gasteiger charge is -2.30. The van der Waals surface area contributed by atoms with E-state index in [2.05, 4.69) is 33.7 Å². The molecule has 1 N–H and O–H groups in total. The SMILES string of the molecule is O=C(O)C1CCN(Cc2cc3cc(Cl)ccc3n2-c2ccccc2)CC1. The summed E-state index contributed by atoms with van der Waals surface area (Å²) in [4.78, 5) is 13.5. The number of aromatic nitrogens is 1. The summed E-state index contributed by atoms with van der Waals surface area (Å²) < 4.78 is 2.27. The Hall–Kier alpha value is -2.30. The smallest absolute Gasteiger partial charge is 0.306 e. The number of carboxylic acid groups (broad SMARTS) is 1. The van der Waals surface area contributed by atoms with Crippen molar-refractivity contribution >= 4 is 28.5 Å². The van der Waals surface area contributed by atoms with Crippen LogP contribution >= 0.6 is 11.6 Å². The minimum Gasteiger partial charge on any atom is -0.481 e. The summed E-state index contributed by atoms with van der Waals surface area (Å²) in [5.74, 6) is -0.872.